The van der Waals surface area contributed by atoms with Crippen LogP contribution in [0.4, 0.5) is 5.13 Å². The molecule has 40 heavy (non-hydrogen) atoms. The first-order valence-electron chi connectivity index (χ1n) is 12.2. The van der Waals surface area contributed by atoms with Crippen LogP contribution in [0, 0.1) is 6.92 Å². The van der Waals surface area contributed by atoms with Gasteiger partial charge in [-0.2, -0.15) is 0 Å². The minimum absolute atomic E-state index is 0.115. The van der Waals surface area contributed by atoms with Crippen LogP contribution in [-0.2, 0) is 14.3 Å². The van der Waals surface area contributed by atoms with Gasteiger partial charge in [0.25, 0.3) is 5.78 Å². The number of aliphatic hydroxyl groups excluding tert-OH is 1. The van der Waals surface area contributed by atoms with Crippen molar-refractivity contribution in [3.8, 4) is 17.2 Å². The van der Waals surface area contributed by atoms with E-state index in [2.05, 4.69) is 4.98 Å². The van der Waals surface area contributed by atoms with Crippen LogP contribution in [0.3, 0.4) is 0 Å². The lowest BCUT2D eigenvalue weighted by Gasteiger charge is -2.23. The Kier molecular flexibility index (Phi) is 7.35. The number of para-hydroxylation sites is 1. The summed E-state index contributed by atoms with van der Waals surface area (Å²) in [5.74, 6) is -1.25. The molecule has 1 saturated heterocycles. The molecule has 202 valence electrons. The van der Waals surface area contributed by atoms with E-state index in [1.807, 2.05) is 18.2 Å². The summed E-state index contributed by atoms with van der Waals surface area (Å²) in [4.78, 5) is 45.1. The second-order valence-electron chi connectivity index (χ2n) is 8.79. The molecule has 2 heterocycles. The van der Waals surface area contributed by atoms with E-state index in [0.29, 0.717) is 34.1 Å². The average molecular weight is 557 g/mol. The van der Waals surface area contributed by atoms with Crippen LogP contribution >= 0.6 is 11.3 Å². The van der Waals surface area contributed by atoms with Crippen molar-refractivity contribution in [1.29, 1.82) is 0 Å². The molecule has 0 aliphatic carbocycles. The van der Waals surface area contributed by atoms with E-state index < -0.39 is 23.7 Å². The summed E-state index contributed by atoms with van der Waals surface area (Å²) in [7, 11) is 2.74. The fourth-order valence-electron chi connectivity index (χ4n) is 4.41. The number of thiazole rings is 1. The Morgan fingerprint density at radius 3 is 2.35 bits per heavy atom. The average Bonchev–Trinajstić information content (AvgIpc) is 3.49. The standard InChI is InChI=1S/C30H24N2O7S/c1-17-27(29(36)38-3)40-30(31-17)32-24(18-9-7-14-22(15-18)39-20-11-5-4-6-12-20)23(26(34)28(32)35)25(33)19-10-8-13-21(16-19)37-2/h4-16,24,33H,1-3H3. The van der Waals surface area contributed by atoms with Crippen molar-refractivity contribution in [2.45, 2.75) is 13.0 Å². The van der Waals surface area contributed by atoms with Crippen LogP contribution in [0.25, 0.3) is 5.76 Å². The Morgan fingerprint density at radius 1 is 0.925 bits per heavy atom. The number of ketones is 1. The summed E-state index contributed by atoms with van der Waals surface area (Å²) in [6.45, 7) is 1.61. The molecule has 1 N–H and O–H groups in total. The topological polar surface area (TPSA) is 115 Å². The number of benzene rings is 3. The number of carbonyl (C=O) groups excluding carboxylic acids is 3. The molecule has 0 spiro atoms. The van der Waals surface area contributed by atoms with Crippen LogP contribution in [0.2, 0.25) is 0 Å². The number of rotatable bonds is 7. The van der Waals surface area contributed by atoms with Gasteiger partial charge in [-0.1, -0.05) is 53.8 Å². The summed E-state index contributed by atoms with van der Waals surface area (Å²) in [6.07, 6.45) is 0. The van der Waals surface area contributed by atoms with Crippen molar-refractivity contribution in [3.05, 3.63) is 106 Å². The Morgan fingerprint density at radius 2 is 1.62 bits per heavy atom. The molecule has 1 unspecified atom stereocenters. The van der Waals surface area contributed by atoms with E-state index in [0.717, 1.165) is 11.3 Å². The van der Waals surface area contributed by atoms with Crippen molar-refractivity contribution in [2.75, 3.05) is 19.1 Å². The number of aliphatic hydroxyl groups is 1. The number of carbonyl (C=O) groups is 3. The molecular formula is C30H24N2O7S. The summed E-state index contributed by atoms with van der Waals surface area (Å²) in [6, 6.07) is 21.5. The first kappa shape index (κ1) is 26.6. The van der Waals surface area contributed by atoms with Crippen molar-refractivity contribution < 1.29 is 33.7 Å². The zero-order valence-electron chi connectivity index (χ0n) is 21.8. The molecule has 4 aromatic rings. The maximum absolute atomic E-state index is 13.5. The highest BCUT2D eigenvalue weighted by atomic mass is 32.1. The van der Waals surface area contributed by atoms with Crippen LogP contribution in [0.15, 0.2) is 84.4 Å². The predicted molar refractivity (Wildman–Crippen MR) is 149 cm³/mol. The molecule has 3 aromatic carbocycles. The van der Waals surface area contributed by atoms with Gasteiger partial charge in [-0.3, -0.25) is 14.5 Å². The van der Waals surface area contributed by atoms with Crippen LogP contribution in [0.1, 0.15) is 32.5 Å². The zero-order chi connectivity index (χ0) is 28.4. The zero-order valence-corrected chi connectivity index (χ0v) is 22.6. The third kappa shape index (κ3) is 4.92. The van der Waals surface area contributed by atoms with Gasteiger partial charge < -0.3 is 19.3 Å². The van der Waals surface area contributed by atoms with E-state index in [4.69, 9.17) is 14.2 Å². The van der Waals surface area contributed by atoms with Crippen LogP contribution < -0.4 is 14.4 Å². The summed E-state index contributed by atoms with van der Waals surface area (Å²) < 4.78 is 16.1. The first-order chi connectivity index (χ1) is 19.3. The second-order valence-corrected chi connectivity index (χ2v) is 9.77. The van der Waals surface area contributed by atoms with Gasteiger partial charge in [0.15, 0.2) is 5.13 Å². The number of amides is 1. The Bertz CT molecular complexity index is 1640. The van der Waals surface area contributed by atoms with E-state index in [1.54, 1.807) is 67.6 Å². The maximum atomic E-state index is 13.5. The fraction of sp³-hybridized carbons (Fsp3) is 0.133. The molecule has 9 nitrogen and oxygen atoms in total. The van der Waals surface area contributed by atoms with Crippen molar-refractivity contribution in [1.82, 2.24) is 4.98 Å². The van der Waals surface area contributed by atoms with Gasteiger partial charge in [-0.05, 0) is 48.9 Å². The molecular weight excluding hydrogens is 532 g/mol. The number of Topliss-reactive ketones (excluding diaryl/α,β-unsaturated/α-hetero) is 1. The third-order valence-electron chi connectivity index (χ3n) is 6.30. The highest BCUT2D eigenvalue weighted by molar-refractivity contribution is 7.17. The highest BCUT2D eigenvalue weighted by Crippen LogP contribution is 2.45. The van der Waals surface area contributed by atoms with Gasteiger partial charge in [-0.25, -0.2) is 9.78 Å². The molecule has 1 aliphatic heterocycles. The first-order valence-corrected chi connectivity index (χ1v) is 13.0. The number of aryl methyl sites for hydroxylation is 1. The van der Waals surface area contributed by atoms with E-state index >= 15 is 0 Å². The van der Waals surface area contributed by atoms with Crippen LogP contribution in [0.5, 0.6) is 17.2 Å². The molecule has 0 saturated carbocycles. The van der Waals surface area contributed by atoms with Gasteiger partial charge in [0.2, 0.25) is 0 Å². The smallest absolute Gasteiger partial charge is 0.350 e. The normalized spacial score (nSPS) is 16.2. The number of hydrogen-bond donors (Lipinski definition) is 1. The number of ether oxygens (including phenoxy) is 3. The number of methoxy groups -OCH3 is 2. The maximum Gasteiger partial charge on any atom is 0.350 e. The number of nitrogens with zero attached hydrogens (tertiary/aromatic N) is 2. The van der Waals surface area contributed by atoms with Gasteiger partial charge in [0, 0.05) is 5.56 Å². The molecule has 1 aromatic heterocycles. The van der Waals surface area contributed by atoms with Crippen molar-refractivity contribution in [3.63, 3.8) is 0 Å². The Labute approximate surface area is 233 Å². The fourth-order valence-corrected chi connectivity index (χ4v) is 5.42. The van der Waals surface area contributed by atoms with Gasteiger partial charge in [0.1, 0.15) is 27.9 Å². The molecule has 1 amide bonds. The summed E-state index contributed by atoms with van der Waals surface area (Å²) in [5.41, 5.74) is 0.998. The quantitative estimate of drug-likeness (QED) is 0.134. The van der Waals surface area contributed by atoms with E-state index in [9.17, 15) is 19.5 Å². The van der Waals surface area contributed by atoms with E-state index in [-0.39, 0.29) is 21.3 Å². The highest BCUT2D eigenvalue weighted by Gasteiger charge is 2.48. The molecule has 1 fully saturated rings. The Balaban J connectivity index is 1.68. The third-order valence-corrected chi connectivity index (χ3v) is 7.44. The molecule has 5 rings (SSSR count). The van der Waals surface area contributed by atoms with Gasteiger partial charge in [0.05, 0.1) is 31.5 Å². The minimum atomic E-state index is -1.07. The largest absolute Gasteiger partial charge is 0.507 e. The van der Waals surface area contributed by atoms with Crippen molar-refractivity contribution >= 4 is 39.9 Å². The summed E-state index contributed by atoms with van der Waals surface area (Å²) >= 11 is 0.928. The lowest BCUT2D eigenvalue weighted by atomic mass is 9.95. The monoisotopic (exact) mass is 556 g/mol. The molecule has 10 heteroatoms. The summed E-state index contributed by atoms with van der Waals surface area (Å²) in [5, 5.41) is 11.5. The number of esters is 1. The number of hydrogen-bond acceptors (Lipinski definition) is 9. The SMILES string of the molecule is COC(=O)c1sc(N2C(=O)C(=O)C(=C(O)c3cccc(OC)c3)C2c2cccc(Oc3ccccc3)c2)nc1C. The molecule has 1 aliphatic rings. The Hall–Kier alpha value is -4.96. The van der Waals surface area contributed by atoms with Crippen LogP contribution in [-0.4, -0.2) is 42.0 Å². The number of anilines is 1. The van der Waals surface area contributed by atoms with Gasteiger partial charge in [-0.15, -0.1) is 0 Å². The van der Waals surface area contributed by atoms with Crippen molar-refractivity contribution in [2.24, 2.45) is 0 Å². The second kappa shape index (κ2) is 11.0. The molecule has 1 atom stereocenters. The molecule has 0 bridgehead atoms. The van der Waals surface area contributed by atoms with E-state index in [1.165, 1.54) is 19.1 Å². The lowest BCUT2D eigenvalue weighted by molar-refractivity contribution is -0.132. The lowest BCUT2D eigenvalue weighted by Crippen LogP contribution is -2.29. The predicted octanol–water partition coefficient (Wildman–Crippen LogP) is 5.67. The van der Waals surface area contributed by atoms with Gasteiger partial charge >= 0.3 is 11.9 Å². The minimum Gasteiger partial charge on any atom is -0.507 e. The molecule has 0 radical (unpaired) electrons. The number of aromatic nitrogens is 1.